The van der Waals surface area contributed by atoms with E-state index in [2.05, 4.69) is 15.6 Å². The van der Waals surface area contributed by atoms with Crippen molar-refractivity contribution in [2.45, 2.75) is 6.54 Å². The first-order valence-corrected chi connectivity index (χ1v) is 5.79. The molecule has 0 radical (unpaired) electrons. The van der Waals surface area contributed by atoms with Gasteiger partial charge in [0.05, 0.1) is 0 Å². The molecule has 0 aliphatic heterocycles. The van der Waals surface area contributed by atoms with Crippen LogP contribution in [0.25, 0.3) is 0 Å². The number of anilines is 2. The zero-order chi connectivity index (χ0) is 12.1. The van der Waals surface area contributed by atoms with Gasteiger partial charge in [0.1, 0.15) is 11.6 Å². The molecule has 3 nitrogen and oxygen atoms in total. The molecule has 1 aromatic carbocycles. The predicted molar refractivity (Wildman–Crippen MR) is 72.6 cm³/mol. The number of aromatic nitrogens is 1. The summed E-state index contributed by atoms with van der Waals surface area (Å²) in [5, 5.41) is 7.01. The van der Waals surface area contributed by atoms with E-state index >= 15 is 0 Å². The van der Waals surface area contributed by atoms with E-state index in [0.29, 0.717) is 6.54 Å². The van der Waals surface area contributed by atoms with Gasteiger partial charge in [-0.1, -0.05) is 29.8 Å². The lowest BCUT2D eigenvalue weighted by atomic mass is 10.2. The third kappa shape index (κ3) is 3.36. The fraction of sp³-hybridized carbons (Fsp3) is 0.154. The summed E-state index contributed by atoms with van der Waals surface area (Å²) < 4.78 is 0. The lowest BCUT2D eigenvalue weighted by Crippen LogP contribution is -2.02. The molecule has 2 aromatic rings. The molecule has 1 aromatic heterocycles. The van der Waals surface area contributed by atoms with Crippen LogP contribution in [0.3, 0.4) is 0 Å². The summed E-state index contributed by atoms with van der Waals surface area (Å²) in [5.41, 5.74) is 1.13. The highest BCUT2D eigenvalue weighted by atomic mass is 35.5. The summed E-state index contributed by atoms with van der Waals surface area (Å²) in [6, 6.07) is 13.6. The van der Waals surface area contributed by atoms with Crippen LogP contribution in [0.4, 0.5) is 11.6 Å². The molecule has 0 aliphatic carbocycles. The Labute approximate surface area is 106 Å². The van der Waals surface area contributed by atoms with E-state index in [1.54, 1.807) is 0 Å². The predicted octanol–water partition coefficient (Wildman–Crippen LogP) is 3.39. The van der Waals surface area contributed by atoms with Gasteiger partial charge in [0, 0.05) is 18.6 Å². The molecule has 0 bridgehead atoms. The molecule has 4 heteroatoms. The van der Waals surface area contributed by atoms with Crippen molar-refractivity contribution >= 4 is 23.2 Å². The highest BCUT2D eigenvalue weighted by Gasteiger charge is 1.97. The van der Waals surface area contributed by atoms with Crippen molar-refractivity contribution in [3.8, 4) is 0 Å². The first kappa shape index (κ1) is 11.7. The first-order valence-electron chi connectivity index (χ1n) is 5.41. The van der Waals surface area contributed by atoms with E-state index in [0.717, 1.165) is 22.2 Å². The van der Waals surface area contributed by atoms with Gasteiger partial charge in [0.25, 0.3) is 0 Å². The van der Waals surface area contributed by atoms with Gasteiger partial charge in [0.2, 0.25) is 0 Å². The molecule has 0 atom stereocenters. The van der Waals surface area contributed by atoms with Crippen LogP contribution in [-0.2, 0) is 6.54 Å². The summed E-state index contributed by atoms with van der Waals surface area (Å²) in [6.07, 6.45) is 0. The third-order valence-corrected chi connectivity index (χ3v) is 2.60. The summed E-state index contributed by atoms with van der Waals surface area (Å²) in [5.74, 6) is 1.69. The van der Waals surface area contributed by atoms with Gasteiger partial charge in [-0.15, -0.1) is 0 Å². The highest BCUT2D eigenvalue weighted by molar-refractivity contribution is 6.30. The maximum absolute atomic E-state index is 5.92. The molecular weight excluding hydrogens is 234 g/mol. The van der Waals surface area contributed by atoms with Gasteiger partial charge in [-0.2, -0.15) is 0 Å². The molecule has 0 spiro atoms. The van der Waals surface area contributed by atoms with E-state index in [-0.39, 0.29) is 0 Å². The van der Waals surface area contributed by atoms with Crippen molar-refractivity contribution in [2.75, 3.05) is 17.7 Å². The average molecular weight is 248 g/mol. The van der Waals surface area contributed by atoms with Crippen LogP contribution in [0, 0.1) is 0 Å². The number of rotatable bonds is 4. The Hall–Kier alpha value is -1.74. The van der Waals surface area contributed by atoms with Gasteiger partial charge in [-0.05, 0) is 29.8 Å². The SMILES string of the molecule is CNc1cccc(NCc2cccc(Cl)c2)n1. The summed E-state index contributed by atoms with van der Waals surface area (Å²) >= 11 is 5.92. The van der Waals surface area contributed by atoms with Crippen LogP contribution in [0.2, 0.25) is 5.02 Å². The Morgan fingerprint density at radius 1 is 1.12 bits per heavy atom. The number of nitrogens with zero attached hydrogens (tertiary/aromatic N) is 1. The fourth-order valence-corrected chi connectivity index (χ4v) is 1.72. The van der Waals surface area contributed by atoms with Crippen LogP contribution in [0.15, 0.2) is 42.5 Å². The van der Waals surface area contributed by atoms with E-state index in [9.17, 15) is 0 Å². The lowest BCUT2D eigenvalue weighted by Gasteiger charge is -2.07. The maximum atomic E-state index is 5.92. The number of hydrogen-bond acceptors (Lipinski definition) is 3. The van der Waals surface area contributed by atoms with Gasteiger partial charge < -0.3 is 10.6 Å². The first-order chi connectivity index (χ1) is 8.28. The Morgan fingerprint density at radius 2 is 1.88 bits per heavy atom. The van der Waals surface area contributed by atoms with Crippen LogP contribution in [0.5, 0.6) is 0 Å². The molecule has 0 unspecified atom stereocenters. The largest absolute Gasteiger partial charge is 0.373 e. The monoisotopic (exact) mass is 247 g/mol. The van der Waals surface area contributed by atoms with Crippen molar-refractivity contribution in [3.63, 3.8) is 0 Å². The van der Waals surface area contributed by atoms with E-state index in [1.165, 1.54) is 0 Å². The van der Waals surface area contributed by atoms with Crippen molar-refractivity contribution in [2.24, 2.45) is 0 Å². The summed E-state index contributed by atoms with van der Waals surface area (Å²) in [6.45, 7) is 0.709. The van der Waals surface area contributed by atoms with Gasteiger partial charge in [0.15, 0.2) is 0 Å². The van der Waals surface area contributed by atoms with Crippen molar-refractivity contribution in [3.05, 3.63) is 53.1 Å². The topological polar surface area (TPSA) is 37.0 Å². The van der Waals surface area contributed by atoms with Crippen LogP contribution in [-0.4, -0.2) is 12.0 Å². The van der Waals surface area contributed by atoms with Gasteiger partial charge in [-0.3, -0.25) is 0 Å². The molecule has 1 heterocycles. The van der Waals surface area contributed by atoms with Crippen LogP contribution >= 0.6 is 11.6 Å². The fourth-order valence-electron chi connectivity index (χ4n) is 1.51. The molecule has 2 rings (SSSR count). The van der Waals surface area contributed by atoms with Crippen molar-refractivity contribution in [1.29, 1.82) is 0 Å². The lowest BCUT2D eigenvalue weighted by molar-refractivity contribution is 1.11. The summed E-state index contributed by atoms with van der Waals surface area (Å²) in [7, 11) is 1.85. The third-order valence-electron chi connectivity index (χ3n) is 2.37. The van der Waals surface area contributed by atoms with Crippen molar-refractivity contribution in [1.82, 2.24) is 4.98 Å². The molecule has 88 valence electrons. The molecule has 0 amide bonds. The van der Waals surface area contributed by atoms with Gasteiger partial charge >= 0.3 is 0 Å². The zero-order valence-electron chi connectivity index (χ0n) is 9.57. The number of hydrogen-bond donors (Lipinski definition) is 2. The molecule has 2 N–H and O–H groups in total. The number of benzene rings is 1. The maximum Gasteiger partial charge on any atom is 0.128 e. The Kier molecular flexibility index (Phi) is 3.83. The highest BCUT2D eigenvalue weighted by Crippen LogP contribution is 2.13. The molecule has 0 saturated heterocycles. The van der Waals surface area contributed by atoms with E-state index < -0.39 is 0 Å². The minimum absolute atomic E-state index is 0.709. The van der Waals surface area contributed by atoms with E-state index in [1.807, 2.05) is 49.5 Å². The molecule has 0 aliphatic rings. The zero-order valence-corrected chi connectivity index (χ0v) is 10.3. The molecule has 0 fully saturated rings. The summed E-state index contributed by atoms with van der Waals surface area (Å²) in [4.78, 5) is 4.37. The second-order valence-electron chi connectivity index (χ2n) is 3.64. The Balaban J connectivity index is 2.02. The smallest absolute Gasteiger partial charge is 0.128 e. The Morgan fingerprint density at radius 3 is 2.65 bits per heavy atom. The standard InChI is InChI=1S/C13H14ClN3/c1-15-12-6-3-7-13(17-12)16-9-10-4-2-5-11(14)8-10/h2-8H,9H2,1H3,(H2,15,16,17). The number of nitrogens with one attached hydrogen (secondary N) is 2. The second kappa shape index (κ2) is 5.55. The molecular formula is C13H14ClN3. The van der Waals surface area contributed by atoms with E-state index in [4.69, 9.17) is 11.6 Å². The minimum atomic E-state index is 0.709. The number of pyridine rings is 1. The minimum Gasteiger partial charge on any atom is -0.373 e. The molecule has 17 heavy (non-hydrogen) atoms. The Bertz CT molecular complexity index is 500. The van der Waals surface area contributed by atoms with Crippen molar-refractivity contribution < 1.29 is 0 Å². The van der Waals surface area contributed by atoms with Crippen LogP contribution in [0.1, 0.15) is 5.56 Å². The molecule has 0 saturated carbocycles. The van der Waals surface area contributed by atoms with Crippen LogP contribution < -0.4 is 10.6 Å². The normalized spacial score (nSPS) is 10.0. The quantitative estimate of drug-likeness (QED) is 0.870. The second-order valence-corrected chi connectivity index (χ2v) is 4.08. The van der Waals surface area contributed by atoms with Gasteiger partial charge in [-0.25, -0.2) is 4.98 Å². The average Bonchev–Trinajstić information content (AvgIpc) is 2.37. The number of halogens is 1.